The second kappa shape index (κ2) is 7.25. The molecule has 1 fully saturated rings. The fraction of sp³-hybridized carbons (Fsp3) is 0.111. The molecule has 0 aliphatic carbocycles. The summed E-state index contributed by atoms with van der Waals surface area (Å²) in [6.07, 6.45) is 1.74. The molecule has 3 rings (SSSR count). The molecule has 0 saturated carbocycles. The second-order valence-corrected chi connectivity index (χ2v) is 7.85. The maximum Gasteiger partial charge on any atom is 0.284 e. The summed E-state index contributed by atoms with van der Waals surface area (Å²) in [6.45, 7) is 2.13. The molecule has 1 aliphatic heterocycles. The van der Waals surface area contributed by atoms with Crippen molar-refractivity contribution < 1.29 is 13.2 Å². The summed E-state index contributed by atoms with van der Waals surface area (Å²) in [6, 6.07) is 17.4. The fourth-order valence-electron chi connectivity index (χ4n) is 2.30. The van der Waals surface area contributed by atoms with E-state index in [0.717, 1.165) is 17.3 Å². The normalized spacial score (nSPS) is 18.3. The van der Waals surface area contributed by atoms with Crippen molar-refractivity contribution in [2.45, 2.75) is 11.8 Å². The van der Waals surface area contributed by atoms with Crippen molar-refractivity contribution in [1.82, 2.24) is 4.90 Å². The summed E-state index contributed by atoms with van der Waals surface area (Å²) >= 11 is 1.08. The first kappa shape index (κ1) is 17.4. The van der Waals surface area contributed by atoms with Gasteiger partial charge >= 0.3 is 0 Å². The van der Waals surface area contributed by atoms with Crippen molar-refractivity contribution >= 4 is 38.9 Å². The standard InChI is InChI=1S/C18H16N2O3S2/c1-2-20-17(21)16(13-14-9-5-3-6-10-14)24-18(20)19-25(22,23)15-11-7-4-8-12-15/h3-13H,2H2,1H3. The van der Waals surface area contributed by atoms with E-state index in [1.807, 2.05) is 30.3 Å². The third kappa shape index (κ3) is 3.83. The van der Waals surface area contributed by atoms with Crippen LogP contribution < -0.4 is 0 Å². The number of rotatable bonds is 4. The lowest BCUT2D eigenvalue weighted by atomic mass is 10.2. The summed E-state index contributed by atoms with van der Waals surface area (Å²) in [4.78, 5) is 14.5. The Balaban J connectivity index is 1.97. The molecular formula is C18H16N2O3S2. The van der Waals surface area contributed by atoms with Crippen molar-refractivity contribution in [2.24, 2.45) is 4.40 Å². The fourth-order valence-corrected chi connectivity index (χ4v) is 4.57. The SMILES string of the molecule is CCN1C(=O)C(=Cc2ccccc2)SC1=NS(=O)(=O)c1ccccc1. The number of hydrogen-bond donors (Lipinski definition) is 0. The highest BCUT2D eigenvalue weighted by atomic mass is 32.2. The maximum atomic E-state index is 12.5. The summed E-state index contributed by atoms with van der Waals surface area (Å²) < 4.78 is 28.8. The Morgan fingerprint density at radius 1 is 1.04 bits per heavy atom. The van der Waals surface area contributed by atoms with Crippen molar-refractivity contribution in [1.29, 1.82) is 0 Å². The lowest BCUT2D eigenvalue weighted by Crippen LogP contribution is -2.29. The first-order chi connectivity index (χ1) is 12.0. The number of thioether (sulfide) groups is 1. The van der Waals surface area contributed by atoms with Crippen molar-refractivity contribution in [3.8, 4) is 0 Å². The van der Waals surface area contributed by atoms with Gasteiger partial charge in [-0.3, -0.25) is 9.69 Å². The van der Waals surface area contributed by atoms with E-state index in [2.05, 4.69) is 4.40 Å². The first-order valence-corrected chi connectivity index (χ1v) is 9.93. The van der Waals surface area contributed by atoms with Crippen LogP contribution in [0.4, 0.5) is 0 Å². The average molecular weight is 372 g/mol. The van der Waals surface area contributed by atoms with E-state index in [4.69, 9.17) is 0 Å². The number of carbonyl (C=O) groups is 1. The number of carbonyl (C=O) groups excluding carboxylic acids is 1. The number of benzene rings is 2. The van der Waals surface area contributed by atoms with Gasteiger partial charge in [0.2, 0.25) is 0 Å². The van der Waals surface area contributed by atoms with Gasteiger partial charge in [-0.05, 0) is 42.5 Å². The predicted octanol–water partition coefficient (Wildman–Crippen LogP) is 3.37. The van der Waals surface area contributed by atoms with E-state index < -0.39 is 10.0 Å². The van der Waals surface area contributed by atoms with E-state index >= 15 is 0 Å². The summed E-state index contributed by atoms with van der Waals surface area (Å²) in [7, 11) is -3.86. The van der Waals surface area contributed by atoms with Gasteiger partial charge in [0.1, 0.15) is 0 Å². The molecule has 0 radical (unpaired) electrons. The smallest absolute Gasteiger partial charge is 0.284 e. The lowest BCUT2D eigenvalue weighted by Gasteiger charge is -2.11. The molecule has 5 nitrogen and oxygen atoms in total. The Morgan fingerprint density at radius 2 is 1.64 bits per heavy atom. The topological polar surface area (TPSA) is 66.8 Å². The summed E-state index contributed by atoms with van der Waals surface area (Å²) in [5.74, 6) is -0.238. The maximum absolute atomic E-state index is 12.5. The zero-order valence-electron chi connectivity index (χ0n) is 13.5. The summed E-state index contributed by atoms with van der Waals surface area (Å²) in [5, 5.41) is 0.179. The van der Waals surface area contributed by atoms with Gasteiger partial charge < -0.3 is 0 Å². The Labute approximate surface area is 151 Å². The number of likely N-dealkylation sites (N-methyl/N-ethyl adjacent to an activating group) is 1. The van der Waals surface area contributed by atoms with Gasteiger partial charge in [0.05, 0.1) is 9.80 Å². The van der Waals surface area contributed by atoms with Gasteiger partial charge in [-0.1, -0.05) is 48.5 Å². The molecule has 7 heteroatoms. The molecule has 0 bridgehead atoms. The largest absolute Gasteiger partial charge is 0.286 e. The van der Waals surface area contributed by atoms with E-state index in [1.165, 1.54) is 17.0 Å². The van der Waals surface area contributed by atoms with Crippen LogP contribution in [-0.2, 0) is 14.8 Å². The third-order valence-corrected chi connectivity index (χ3v) is 5.94. The predicted molar refractivity (Wildman–Crippen MR) is 100 cm³/mol. The van der Waals surface area contributed by atoms with Gasteiger partial charge in [0.25, 0.3) is 15.9 Å². The molecular weight excluding hydrogens is 356 g/mol. The van der Waals surface area contributed by atoms with Crippen molar-refractivity contribution in [3.05, 3.63) is 71.1 Å². The Hall–Kier alpha value is -2.38. The highest BCUT2D eigenvalue weighted by molar-refractivity contribution is 8.19. The number of hydrogen-bond acceptors (Lipinski definition) is 4. The van der Waals surface area contributed by atoms with Gasteiger partial charge in [0, 0.05) is 6.54 Å². The third-order valence-electron chi connectivity index (χ3n) is 3.54. The zero-order valence-corrected chi connectivity index (χ0v) is 15.1. The van der Waals surface area contributed by atoms with Crippen LogP contribution in [0.5, 0.6) is 0 Å². The van der Waals surface area contributed by atoms with Crippen LogP contribution >= 0.6 is 11.8 Å². The van der Waals surface area contributed by atoms with Crippen LogP contribution in [0.3, 0.4) is 0 Å². The molecule has 1 saturated heterocycles. The molecule has 1 amide bonds. The summed E-state index contributed by atoms with van der Waals surface area (Å²) in [5.41, 5.74) is 0.876. The molecule has 0 unspecified atom stereocenters. The highest BCUT2D eigenvalue weighted by Crippen LogP contribution is 2.33. The van der Waals surface area contributed by atoms with Crippen molar-refractivity contribution in [3.63, 3.8) is 0 Å². The molecule has 1 heterocycles. The zero-order chi connectivity index (χ0) is 17.9. The van der Waals surface area contributed by atoms with Crippen LogP contribution in [0.1, 0.15) is 12.5 Å². The number of sulfonamides is 1. The van der Waals surface area contributed by atoms with E-state index in [-0.39, 0.29) is 16.0 Å². The van der Waals surface area contributed by atoms with Gasteiger partial charge in [0.15, 0.2) is 5.17 Å². The molecule has 2 aromatic carbocycles. The van der Waals surface area contributed by atoms with E-state index in [0.29, 0.717) is 11.4 Å². The minimum Gasteiger partial charge on any atom is -0.286 e. The van der Waals surface area contributed by atoms with Crippen LogP contribution in [-0.4, -0.2) is 30.9 Å². The molecule has 0 aromatic heterocycles. The van der Waals surface area contributed by atoms with Crippen LogP contribution in [0.15, 0.2) is 74.9 Å². The van der Waals surface area contributed by atoms with Crippen molar-refractivity contribution in [2.75, 3.05) is 6.54 Å². The quantitative estimate of drug-likeness (QED) is 0.772. The molecule has 128 valence electrons. The van der Waals surface area contributed by atoms with Crippen LogP contribution in [0.25, 0.3) is 6.08 Å². The molecule has 0 N–H and O–H groups in total. The molecule has 0 atom stereocenters. The monoisotopic (exact) mass is 372 g/mol. The minimum absolute atomic E-state index is 0.104. The average Bonchev–Trinajstić information content (AvgIpc) is 2.90. The van der Waals surface area contributed by atoms with E-state index in [1.54, 1.807) is 31.2 Å². The molecule has 25 heavy (non-hydrogen) atoms. The Morgan fingerprint density at radius 3 is 2.24 bits per heavy atom. The first-order valence-electron chi connectivity index (χ1n) is 7.68. The molecule has 1 aliphatic rings. The molecule has 0 spiro atoms. The minimum atomic E-state index is -3.86. The Kier molecular flexibility index (Phi) is 5.06. The number of amides is 1. The number of amidine groups is 1. The molecule has 2 aromatic rings. The Bertz CT molecular complexity index is 937. The second-order valence-electron chi connectivity index (χ2n) is 5.23. The van der Waals surface area contributed by atoms with Gasteiger partial charge in [-0.15, -0.1) is 4.40 Å². The van der Waals surface area contributed by atoms with E-state index in [9.17, 15) is 13.2 Å². The van der Waals surface area contributed by atoms with Gasteiger partial charge in [-0.2, -0.15) is 8.42 Å². The van der Waals surface area contributed by atoms with Crippen LogP contribution in [0, 0.1) is 0 Å². The van der Waals surface area contributed by atoms with Crippen LogP contribution in [0.2, 0.25) is 0 Å². The number of nitrogens with zero attached hydrogens (tertiary/aromatic N) is 2. The lowest BCUT2D eigenvalue weighted by molar-refractivity contribution is -0.122. The highest BCUT2D eigenvalue weighted by Gasteiger charge is 2.33. The van der Waals surface area contributed by atoms with Gasteiger partial charge in [-0.25, -0.2) is 0 Å².